The molecule has 0 aromatic heterocycles. The van der Waals surface area contributed by atoms with E-state index in [-0.39, 0.29) is 24.8 Å². The molecule has 1 heterocycles. The quantitative estimate of drug-likeness (QED) is 0.683. The smallest absolute Gasteiger partial charge is 0.235 e. The summed E-state index contributed by atoms with van der Waals surface area (Å²) >= 11 is 0. The molecule has 0 spiro atoms. The zero-order chi connectivity index (χ0) is 14.4. The lowest BCUT2D eigenvalue weighted by Crippen LogP contribution is -2.39. The van der Waals surface area contributed by atoms with Crippen molar-refractivity contribution in [2.45, 2.75) is 6.42 Å². The summed E-state index contributed by atoms with van der Waals surface area (Å²) in [6.07, 6.45) is 0.827. The summed E-state index contributed by atoms with van der Waals surface area (Å²) < 4.78 is 5.41. The topological polar surface area (TPSA) is 87.3 Å². The molecule has 4 N–H and O–H groups in total. The number of rotatable bonds is 6. The predicted octanol–water partition coefficient (Wildman–Crippen LogP) is 1.88. The monoisotopic (exact) mass is 348 g/mol. The van der Waals surface area contributed by atoms with Crippen LogP contribution in [0.3, 0.4) is 0 Å². The third-order valence-corrected chi connectivity index (χ3v) is 2.94. The highest BCUT2D eigenvalue weighted by Gasteiger charge is 2.19. The Bertz CT molecular complexity index is 523. The van der Waals surface area contributed by atoms with Crippen molar-refractivity contribution in [1.29, 1.82) is 0 Å². The van der Waals surface area contributed by atoms with Crippen LogP contribution in [0.25, 0.3) is 0 Å². The Morgan fingerprint density at radius 2 is 2.14 bits per heavy atom. The summed E-state index contributed by atoms with van der Waals surface area (Å²) in [5.41, 5.74) is 11.3. The molecule has 1 aliphatic heterocycles. The Kier molecular flexibility index (Phi) is 9.32. The molecule has 9 heteroatoms. The molecular weight excluding hydrogens is 327 g/mol. The van der Waals surface area contributed by atoms with Crippen LogP contribution in [0.4, 0.5) is 5.69 Å². The molecule has 0 amide bonds. The maximum atomic E-state index is 5.78. The van der Waals surface area contributed by atoms with Crippen LogP contribution in [-0.4, -0.2) is 32.3 Å². The number of nitrogens with two attached hydrogens (primary N) is 1. The number of ether oxygens (including phenoxy) is 1. The Morgan fingerprint density at radius 1 is 1.36 bits per heavy atom. The number of hydrogen-bond donors (Lipinski definition) is 3. The minimum absolute atomic E-state index is 0. The van der Waals surface area contributed by atoms with Gasteiger partial charge in [-0.25, -0.2) is 5.01 Å². The van der Waals surface area contributed by atoms with Crippen molar-refractivity contribution >= 4 is 30.5 Å². The van der Waals surface area contributed by atoms with Crippen molar-refractivity contribution in [2.75, 3.05) is 33.0 Å². The van der Waals surface area contributed by atoms with Gasteiger partial charge in [-0.3, -0.25) is 0 Å². The van der Waals surface area contributed by atoms with E-state index in [1.165, 1.54) is 5.56 Å². The van der Waals surface area contributed by atoms with Gasteiger partial charge in [-0.05, 0) is 31.2 Å². The average Bonchev–Trinajstić information content (AvgIpc) is 2.45. The third-order valence-electron chi connectivity index (χ3n) is 2.94. The number of methoxy groups -OCH3 is 1. The second-order valence-corrected chi connectivity index (χ2v) is 4.43. The molecule has 22 heavy (non-hydrogen) atoms. The highest BCUT2D eigenvalue weighted by molar-refractivity contribution is 5.85. The van der Waals surface area contributed by atoms with Crippen LogP contribution in [0.15, 0.2) is 46.2 Å². The van der Waals surface area contributed by atoms with Crippen LogP contribution in [0, 0.1) is 0 Å². The average molecular weight is 349 g/mol. The van der Waals surface area contributed by atoms with E-state index in [0.717, 1.165) is 17.8 Å². The third kappa shape index (κ3) is 5.25. The summed E-state index contributed by atoms with van der Waals surface area (Å²) in [6, 6.07) is 7.85. The van der Waals surface area contributed by atoms with Gasteiger partial charge in [-0.15, -0.1) is 29.9 Å². The highest BCUT2D eigenvalue weighted by Crippen LogP contribution is 2.16. The van der Waals surface area contributed by atoms with Gasteiger partial charge in [0, 0.05) is 18.8 Å². The van der Waals surface area contributed by atoms with E-state index >= 15 is 0 Å². The van der Waals surface area contributed by atoms with Crippen LogP contribution < -0.4 is 16.6 Å². The van der Waals surface area contributed by atoms with Crippen molar-refractivity contribution in [3.8, 4) is 0 Å². The van der Waals surface area contributed by atoms with Crippen LogP contribution in [-0.2, 0) is 11.2 Å². The van der Waals surface area contributed by atoms with Gasteiger partial charge in [-0.2, -0.15) is 5.53 Å². The fourth-order valence-corrected chi connectivity index (χ4v) is 2.03. The number of hydrogen-bond acceptors (Lipinski definition) is 7. The van der Waals surface area contributed by atoms with Crippen LogP contribution >= 0.6 is 24.8 Å². The van der Waals surface area contributed by atoms with Crippen molar-refractivity contribution in [3.05, 3.63) is 41.4 Å². The first-order valence-electron chi connectivity index (χ1n) is 6.44. The molecule has 0 saturated carbocycles. The molecule has 7 nitrogen and oxygen atoms in total. The minimum atomic E-state index is 0. The zero-order valence-corrected chi connectivity index (χ0v) is 14.2. The number of hydrazine groups is 1. The number of halogens is 2. The maximum Gasteiger partial charge on any atom is 0.235 e. The Hall–Kier alpha value is -1.70. The second-order valence-electron chi connectivity index (χ2n) is 4.43. The van der Waals surface area contributed by atoms with Gasteiger partial charge in [0.15, 0.2) is 0 Å². The number of likely N-dealkylation sites (N-methyl/N-ethyl adjacent to an activating group) is 1. The molecule has 1 aromatic carbocycles. The molecule has 0 fully saturated rings. The zero-order valence-electron chi connectivity index (χ0n) is 12.6. The van der Waals surface area contributed by atoms with Gasteiger partial charge >= 0.3 is 0 Å². The first-order valence-corrected chi connectivity index (χ1v) is 6.44. The van der Waals surface area contributed by atoms with E-state index in [9.17, 15) is 0 Å². The van der Waals surface area contributed by atoms with Crippen molar-refractivity contribution < 1.29 is 4.74 Å². The molecule has 0 bridgehead atoms. The molecule has 1 aliphatic rings. The number of nitrogens with zero attached hydrogens (tertiary/aromatic N) is 3. The van der Waals surface area contributed by atoms with Gasteiger partial charge in [0.05, 0.1) is 7.11 Å². The van der Waals surface area contributed by atoms with Crippen LogP contribution in [0.1, 0.15) is 5.56 Å². The Morgan fingerprint density at radius 3 is 2.77 bits per heavy atom. The lowest BCUT2D eigenvalue weighted by molar-refractivity contribution is 0.0942. The Labute approximate surface area is 142 Å². The molecular formula is C13H22Cl2N6O. The lowest BCUT2D eigenvalue weighted by Gasteiger charge is -2.27. The number of benzene rings is 1. The van der Waals surface area contributed by atoms with E-state index in [0.29, 0.717) is 19.0 Å². The fraction of sp³-hybridized carbons (Fsp3) is 0.385. The highest BCUT2D eigenvalue weighted by atomic mass is 35.5. The summed E-state index contributed by atoms with van der Waals surface area (Å²) in [5.74, 6) is 0.679. The van der Waals surface area contributed by atoms with Gasteiger partial charge in [0.1, 0.15) is 5.70 Å². The molecule has 0 atom stereocenters. The number of nitrogens with one attached hydrogen (secondary N) is 2. The summed E-state index contributed by atoms with van der Waals surface area (Å²) in [7, 11) is 3.48. The lowest BCUT2D eigenvalue weighted by atomic mass is 10.1. The maximum absolute atomic E-state index is 5.78. The molecule has 124 valence electrons. The molecule has 0 saturated heterocycles. The first kappa shape index (κ1) is 20.3. The van der Waals surface area contributed by atoms with Gasteiger partial charge in [-0.1, -0.05) is 17.4 Å². The van der Waals surface area contributed by atoms with Gasteiger partial charge in [0.25, 0.3) is 0 Å². The first-order chi connectivity index (χ1) is 9.74. The normalized spacial score (nSPS) is 13.1. The number of nitrogen functional groups attached to an aromatic ring is 1. The van der Waals surface area contributed by atoms with Crippen LogP contribution in [0.2, 0.25) is 0 Å². The number of anilines is 1. The van der Waals surface area contributed by atoms with Crippen molar-refractivity contribution in [1.82, 2.24) is 15.9 Å². The summed E-state index contributed by atoms with van der Waals surface area (Å²) in [5, 5.41) is 12.8. The van der Waals surface area contributed by atoms with E-state index in [1.54, 1.807) is 7.11 Å². The van der Waals surface area contributed by atoms with Gasteiger partial charge < -0.3 is 15.8 Å². The van der Waals surface area contributed by atoms with E-state index in [1.807, 2.05) is 36.3 Å². The second kappa shape index (κ2) is 10.1. The standard InChI is InChI=1S/C13H20N6O.2ClH/c1-15-9-12-13(20-2)19(18-17-16-12)7-6-10-4-3-5-11(14)8-10;;/h3-5,8,15H,6-7,9,14H2,1-2H3,(H,16,18);2*1H. The fourth-order valence-electron chi connectivity index (χ4n) is 2.03. The van der Waals surface area contributed by atoms with Crippen LogP contribution in [0.5, 0.6) is 0 Å². The Balaban J connectivity index is 0.00000220. The van der Waals surface area contributed by atoms with E-state index in [2.05, 4.69) is 21.2 Å². The molecule has 0 aliphatic carbocycles. The molecule has 0 radical (unpaired) electrons. The van der Waals surface area contributed by atoms with E-state index in [4.69, 9.17) is 10.5 Å². The molecule has 1 aromatic rings. The predicted molar refractivity (Wildman–Crippen MR) is 91.7 cm³/mol. The SMILES string of the molecule is CNCC1=C(OC)N(CCc2cccc(N)c2)NN=N1.Cl.Cl. The van der Waals surface area contributed by atoms with Crippen molar-refractivity contribution in [3.63, 3.8) is 0 Å². The molecule has 0 unspecified atom stereocenters. The summed E-state index contributed by atoms with van der Waals surface area (Å²) in [6.45, 7) is 1.31. The van der Waals surface area contributed by atoms with E-state index < -0.39 is 0 Å². The summed E-state index contributed by atoms with van der Waals surface area (Å²) in [4.78, 5) is 0. The van der Waals surface area contributed by atoms with Crippen molar-refractivity contribution in [2.24, 2.45) is 10.3 Å². The largest absolute Gasteiger partial charge is 0.480 e. The van der Waals surface area contributed by atoms with Gasteiger partial charge in [0.2, 0.25) is 5.88 Å². The molecule has 2 rings (SSSR count). The minimum Gasteiger partial charge on any atom is -0.480 e.